The van der Waals surface area contributed by atoms with E-state index in [1.165, 1.54) is 0 Å². The zero-order valence-corrected chi connectivity index (χ0v) is 5.94. The van der Waals surface area contributed by atoms with Crippen LogP contribution in [0.4, 0.5) is 0 Å². The summed E-state index contributed by atoms with van der Waals surface area (Å²) >= 11 is -0.250. The van der Waals surface area contributed by atoms with E-state index in [1.807, 2.05) is 13.8 Å². The maximum atomic E-state index is 7.04. The van der Waals surface area contributed by atoms with E-state index in [-0.39, 0.29) is 12.3 Å². The van der Waals surface area contributed by atoms with Gasteiger partial charge >= 0.3 is 0 Å². The van der Waals surface area contributed by atoms with E-state index in [4.69, 9.17) is 13.8 Å². The maximum Gasteiger partial charge on any atom is 0.152 e. The average molecular weight is 140 g/mol. The van der Waals surface area contributed by atoms with E-state index in [2.05, 4.69) is 0 Å². The van der Waals surface area contributed by atoms with Gasteiger partial charge in [-0.1, -0.05) is 0 Å². The molecule has 0 unspecified atom stereocenters. The summed E-state index contributed by atoms with van der Waals surface area (Å²) in [5.41, 5.74) is 0. The van der Waals surface area contributed by atoms with E-state index in [1.54, 1.807) is 0 Å². The second-order valence-electron chi connectivity index (χ2n) is 0.863. The molecule has 0 spiro atoms. The average Bonchev–Trinajstić information content (AvgIpc) is 1.71. The van der Waals surface area contributed by atoms with Crippen LogP contribution in [-0.2, 0) is 4.74 Å². The van der Waals surface area contributed by atoms with Crippen molar-refractivity contribution in [3.8, 4) is 0 Å². The standard InChI is InChI=1S/C4H10O.H2O2S/c1-3-5-4-2;1-3-2/h3-4H2,1-2H3;1-2H. The van der Waals surface area contributed by atoms with Crippen molar-refractivity contribution < 1.29 is 13.8 Å². The number of hydrogen-bond acceptors (Lipinski definition) is 4. The Balaban J connectivity index is 0. The molecule has 0 amide bonds. The lowest BCUT2D eigenvalue weighted by molar-refractivity contribution is 0.162. The lowest BCUT2D eigenvalue weighted by Crippen LogP contribution is -1.84. The van der Waals surface area contributed by atoms with Crippen LogP contribution in [0.3, 0.4) is 0 Å². The Morgan fingerprint density at radius 3 is 1.50 bits per heavy atom. The highest BCUT2D eigenvalue weighted by Gasteiger charge is 1.64. The summed E-state index contributed by atoms with van der Waals surface area (Å²) in [7, 11) is 0. The summed E-state index contributed by atoms with van der Waals surface area (Å²) in [5.74, 6) is 0. The fourth-order valence-corrected chi connectivity index (χ4v) is 0.204. The summed E-state index contributed by atoms with van der Waals surface area (Å²) in [5, 5.41) is 0. The lowest BCUT2D eigenvalue weighted by Gasteiger charge is -1.86. The molecule has 2 N–H and O–H groups in total. The van der Waals surface area contributed by atoms with Gasteiger partial charge in [-0.25, -0.2) is 0 Å². The fraction of sp³-hybridized carbons (Fsp3) is 1.00. The van der Waals surface area contributed by atoms with Crippen LogP contribution >= 0.6 is 12.3 Å². The molecule has 0 saturated heterocycles. The summed E-state index contributed by atoms with van der Waals surface area (Å²) in [4.78, 5) is 0. The molecule has 8 heavy (non-hydrogen) atoms. The minimum Gasteiger partial charge on any atom is -0.382 e. The van der Waals surface area contributed by atoms with E-state index < -0.39 is 0 Å². The van der Waals surface area contributed by atoms with E-state index >= 15 is 0 Å². The highest BCUT2D eigenvalue weighted by Crippen LogP contribution is 1.67. The van der Waals surface area contributed by atoms with Gasteiger partial charge in [-0.2, -0.15) is 0 Å². The van der Waals surface area contributed by atoms with Gasteiger partial charge in [0, 0.05) is 13.2 Å². The lowest BCUT2D eigenvalue weighted by atomic mass is 10.8. The molecule has 0 bridgehead atoms. The third-order valence-corrected chi connectivity index (χ3v) is 0.408. The third-order valence-electron chi connectivity index (χ3n) is 0.408. The van der Waals surface area contributed by atoms with Gasteiger partial charge in [-0.3, -0.25) is 0 Å². The molecule has 52 valence electrons. The molecule has 0 aromatic carbocycles. The normalized spacial score (nSPS) is 7.50. The van der Waals surface area contributed by atoms with Crippen molar-refractivity contribution in [1.82, 2.24) is 0 Å². The Morgan fingerprint density at radius 1 is 1.25 bits per heavy atom. The molecule has 0 aromatic heterocycles. The van der Waals surface area contributed by atoms with Crippen LogP contribution in [0.1, 0.15) is 13.8 Å². The summed E-state index contributed by atoms with van der Waals surface area (Å²) < 4.78 is 18.9. The molecule has 0 saturated carbocycles. The number of ether oxygens (including phenoxy) is 1. The van der Waals surface area contributed by atoms with Gasteiger partial charge in [-0.05, 0) is 13.8 Å². The van der Waals surface area contributed by atoms with Crippen molar-refractivity contribution in [2.45, 2.75) is 13.8 Å². The second-order valence-corrected chi connectivity index (χ2v) is 1.03. The molecule has 0 rings (SSSR count). The van der Waals surface area contributed by atoms with Crippen molar-refractivity contribution in [1.29, 1.82) is 0 Å². The minimum atomic E-state index is -0.250. The predicted octanol–water partition coefficient (Wildman–Crippen LogP) is 1.71. The topological polar surface area (TPSA) is 49.7 Å². The first-order valence-electron chi connectivity index (χ1n) is 2.36. The highest BCUT2D eigenvalue weighted by molar-refractivity contribution is 7.87. The summed E-state index contributed by atoms with van der Waals surface area (Å²) in [6, 6.07) is 0. The molecule has 0 fully saturated rings. The number of hydrogen-bond donors (Lipinski definition) is 2. The highest BCUT2D eigenvalue weighted by atomic mass is 32.2. The van der Waals surface area contributed by atoms with Crippen LogP contribution < -0.4 is 0 Å². The smallest absolute Gasteiger partial charge is 0.152 e. The first kappa shape index (κ1) is 11.1. The van der Waals surface area contributed by atoms with E-state index in [9.17, 15) is 0 Å². The van der Waals surface area contributed by atoms with Crippen LogP contribution in [0.15, 0.2) is 0 Å². The Labute approximate surface area is 54.1 Å². The molecular weight excluding hydrogens is 128 g/mol. The van der Waals surface area contributed by atoms with Gasteiger partial charge in [0.1, 0.15) is 0 Å². The van der Waals surface area contributed by atoms with Crippen LogP contribution in [-0.4, -0.2) is 22.3 Å². The molecule has 0 aliphatic rings. The molecule has 0 radical (unpaired) electrons. The van der Waals surface area contributed by atoms with Gasteiger partial charge in [0.2, 0.25) is 0 Å². The van der Waals surface area contributed by atoms with E-state index in [0.717, 1.165) is 13.2 Å². The molecular formula is C4H12O3S. The largest absolute Gasteiger partial charge is 0.382 e. The van der Waals surface area contributed by atoms with Crippen LogP contribution in [0, 0.1) is 0 Å². The Bertz CT molecular complexity index is 25.2. The predicted molar refractivity (Wildman–Crippen MR) is 35.0 cm³/mol. The molecule has 0 aromatic rings. The first-order chi connectivity index (χ1) is 3.83. The maximum absolute atomic E-state index is 7.04. The SMILES string of the molecule is CCOCC.OSO. The zero-order chi connectivity index (χ0) is 6.83. The van der Waals surface area contributed by atoms with Gasteiger partial charge in [0.25, 0.3) is 0 Å². The van der Waals surface area contributed by atoms with Gasteiger partial charge in [0.05, 0.1) is 0 Å². The van der Waals surface area contributed by atoms with Crippen LogP contribution in [0.2, 0.25) is 0 Å². The first-order valence-corrected chi connectivity index (χ1v) is 3.09. The van der Waals surface area contributed by atoms with Gasteiger partial charge < -0.3 is 13.8 Å². The van der Waals surface area contributed by atoms with Gasteiger partial charge in [-0.15, -0.1) is 0 Å². The molecule has 0 atom stereocenters. The summed E-state index contributed by atoms with van der Waals surface area (Å²) in [6.45, 7) is 5.67. The molecule has 0 aliphatic heterocycles. The second kappa shape index (κ2) is 15.7. The van der Waals surface area contributed by atoms with Crippen LogP contribution in [0.5, 0.6) is 0 Å². The Hall–Kier alpha value is 0.230. The molecule has 4 heteroatoms. The molecule has 0 heterocycles. The monoisotopic (exact) mass is 140 g/mol. The minimum absolute atomic E-state index is 0.250. The van der Waals surface area contributed by atoms with Crippen molar-refractivity contribution in [2.75, 3.05) is 13.2 Å². The van der Waals surface area contributed by atoms with Crippen molar-refractivity contribution in [2.24, 2.45) is 0 Å². The quantitative estimate of drug-likeness (QED) is 0.573. The third kappa shape index (κ3) is 34.3. The summed E-state index contributed by atoms with van der Waals surface area (Å²) in [6.07, 6.45) is 0. The molecule has 3 nitrogen and oxygen atoms in total. The Kier molecular flexibility index (Phi) is 21.7. The van der Waals surface area contributed by atoms with Crippen molar-refractivity contribution in [3.63, 3.8) is 0 Å². The number of rotatable bonds is 2. The van der Waals surface area contributed by atoms with Crippen LogP contribution in [0.25, 0.3) is 0 Å². The zero-order valence-electron chi connectivity index (χ0n) is 5.13. The van der Waals surface area contributed by atoms with Crippen molar-refractivity contribution >= 4 is 12.3 Å². The van der Waals surface area contributed by atoms with Gasteiger partial charge in [0.15, 0.2) is 12.3 Å². The van der Waals surface area contributed by atoms with E-state index in [0.29, 0.717) is 0 Å². The van der Waals surface area contributed by atoms with Crippen molar-refractivity contribution in [3.05, 3.63) is 0 Å². The Morgan fingerprint density at radius 2 is 1.50 bits per heavy atom. The fourth-order valence-electron chi connectivity index (χ4n) is 0.204. The molecule has 0 aliphatic carbocycles.